The molecule has 5 N–H and O–H groups in total. The number of benzene rings is 1. The van der Waals surface area contributed by atoms with Crippen molar-refractivity contribution in [3.63, 3.8) is 0 Å². The van der Waals surface area contributed by atoms with Crippen LogP contribution in [0.25, 0.3) is 0 Å². The Balaban J connectivity index is 2.75. The maximum Gasteiger partial charge on any atom is 0.253 e. The number of anilines is 1. The van der Waals surface area contributed by atoms with E-state index < -0.39 is 23.4 Å². The van der Waals surface area contributed by atoms with Crippen LogP contribution in [0.3, 0.4) is 0 Å². The zero-order valence-corrected chi connectivity index (χ0v) is 8.80. The lowest BCUT2D eigenvalue weighted by molar-refractivity contribution is -0.117. The molecular formula is C10H11F2N3O2. The molecule has 0 radical (unpaired) electrons. The minimum Gasteiger partial charge on any atom is -0.398 e. The number of hydrogen-bond donors (Lipinski definition) is 3. The molecule has 0 aliphatic heterocycles. The molecular weight excluding hydrogens is 232 g/mol. The zero-order chi connectivity index (χ0) is 13.0. The van der Waals surface area contributed by atoms with Gasteiger partial charge in [-0.1, -0.05) is 0 Å². The van der Waals surface area contributed by atoms with E-state index in [0.29, 0.717) is 6.07 Å². The summed E-state index contributed by atoms with van der Waals surface area (Å²) in [6, 6.07) is 1.42. The number of primary amides is 1. The van der Waals surface area contributed by atoms with E-state index in [1.54, 1.807) is 0 Å². The molecule has 0 aromatic heterocycles. The van der Waals surface area contributed by atoms with Crippen molar-refractivity contribution in [2.75, 3.05) is 12.3 Å². The third-order valence-electron chi connectivity index (χ3n) is 1.99. The van der Waals surface area contributed by atoms with Gasteiger partial charge < -0.3 is 16.8 Å². The summed E-state index contributed by atoms with van der Waals surface area (Å²) < 4.78 is 25.6. The largest absolute Gasteiger partial charge is 0.398 e. The normalized spacial score (nSPS) is 10.0. The monoisotopic (exact) mass is 243 g/mol. The van der Waals surface area contributed by atoms with E-state index in [-0.39, 0.29) is 24.2 Å². The summed E-state index contributed by atoms with van der Waals surface area (Å²) in [7, 11) is 0. The highest BCUT2D eigenvalue weighted by molar-refractivity contribution is 5.99. The summed E-state index contributed by atoms with van der Waals surface area (Å²) in [5.41, 5.74) is 9.86. The molecule has 1 aromatic carbocycles. The number of halogens is 2. The van der Waals surface area contributed by atoms with Gasteiger partial charge in [-0.05, 0) is 6.07 Å². The van der Waals surface area contributed by atoms with Crippen LogP contribution in [0.2, 0.25) is 0 Å². The van der Waals surface area contributed by atoms with E-state index in [4.69, 9.17) is 11.5 Å². The Bertz CT molecular complexity index is 463. The van der Waals surface area contributed by atoms with Gasteiger partial charge in [-0.25, -0.2) is 8.78 Å². The molecule has 0 aliphatic rings. The fourth-order valence-electron chi connectivity index (χ4n) is 1.15. The van der Waals surface area contributed by atoms with E-state index in [1.165, 1.54) is 0 Å². The fraction of sp³-hybridized carbons (Fsp3) is 0.200. The molecule has 5 nitrogen and oxygen atoms in total. The first-order chi connectivity index (χ1) is 7.91. The highest BCUT2D eigenvalue weighted by Crippen LogP contribution is 2.16. The Morgan fingerprint density at radius 1 is 1.24 bits per heavy atom. The molecule has 0 heterocycles. The topological polar surface area (TPSA) is 98.2 Å². The first kappa shape index (κ1) is 12.9. The summed E-state index contributed by atoms with van der Waals surface area (Å²) in [5.74, 6) is -3.57. The predicted molar refractivity (Wildman–Crippen MR) is 56.9 cm³/mol. The summed E-state index contributed by atoms with van der Waals surface area (Å²) in [6.07, 6.45) is -0.0463. The molecule has 0 saturated heterocycles. The average molecular weight is 243 g/mol. The smallest absolute Gasteiger partial charge is 0.253 e. The van der Waals surface area contributed by atoms with E-state index in [9.17, 15) is 18.4 Å². The molecule has 7 heteroatoms. The molecule has 0 saturated carbocycles. The number of nitrogens with two attached hydrogens (primary N) is 2. The van der Waals surface area contributed by atoms with E-state index in [0.717, 1.165) is 6.07 Å². The van der Waals surface area contributed by atoms with Crippen LogP contribution in [0.1, 0.15) is 16.8 Å². The first-order valence-corrected chi connectivity index (χ1v) is 4.73. The van der Waals surface area contributed by atoms with Gasteiger partial charge in [-0.2, -0.15) is 0 Å². The van der Waals surface area contributed by atoms with Crippen molar-refractivity contribution in [1.82, 2.24) is 5.32 Å². The lowest BCUT2D eigenvalue weighted by atomic mass is 10.1. The number of rotatable bonds is 4. The Kier molecular flexibility index (Phi) is 3.97. The second kappa shape index (κ2) is 5.24. The van der Waals surface area contributed by atoms with Crippen molar-refractivity contribution in [1.29, 1.82) is 0 Å². The molecule has 1 aromatic rings. The minimum atomic E-state index is -1.17. The van der Waals surface area contributed by atoms with Crippen molar-refractivity contribution in [3.8, 4) is 0 Å². The standard InChI is InChI=1S/C10H11F2N3O2/c11-6-3-5(8(13)4-7(6)12)10(17)15-2-1-9(14)16/h3-4H,1-2,13H2,(H2,14,16)(H,15,17). The molecule has 92 valence electrons. The zero-order valence-electron chi connectivity index (χ0n) is 8.80. The summed E-state index contributed by atoms with van der Waals surface area (Å²) in [6.45, 7) is 0.00655. The Morgan fingerprint density at radius 3 is 2.41 bits per heavy atom. The van der Waals surface area contributed by atoms with Crippen molar-refractivity contribution in [3.05, 3.63) is 29.3 Å². The predicted octanol–water partition coefficient (Wildman–Crippen LogP) is 0.152. The van der Waals surface area contributed by atoms with Gasteiger partial charge in [0.25, 0.3) is 5.91 Å². The maximum absolute atomic E-state index is 12.9. The molecule has 1 rings (SSSR count). The van der Waals surface area contributed by atoms with Crippen LogP contribution in [-0.4, -0.2) is 18.4 Å². The molecule has 0 bridgehead atoms. The van der Waals surface area contributed by atoms with Gasteiger partial charge in [-0.3, -0.25) is 9.59 Å². The third-order valence-corrected chi connectivity index (χ3v) is 1.99. The number of carbonyl (C=O) groups is 2. The SMILES string of the molecule is NC(=O)CCNC(=O)c1cc(F)c(F)cc1N. The third kappa shape index (κ3) is 3.40. The summed E-state index contributed by atoms with van der Waals surface area (Å²) >= 11 is 0. The van der Waals surface area contributed by atoms with Gasteiger partial charge in [0.05, 0.1) is 5.56 Å². The van der Waals surface area contributed by atoms with Crippen molar-refractivity contribution in [2.45, 2.75) is 6.42 Å². The number of amides is 2. The van der Waals surface area contributed by atoms with Gasteiger partial charge in [-0.15, -0.1) is 0 Å². The molecule has 0 fully saturated rings. The molecule has 2 amide bonds. The first-order valence-electron chi connectivity index (χ1n) is 4.73. The highest BCUT2D eigenvalue weighted by atomic mass is 19.2. The van der Waals surface area contributed by atoms with Crippen LogP contribution in [0, 0.1) is 11.6 Å². The van der Waals surface area contributed by atoms with Crippen molar-refractivity contribution >= 4 is 17.5 Å². The second-order valence-electron chi connectivity index (χ2n) is 3.33. The van der Waals surface area contributed by atoms with E-state index >= 15 is 0 Å². The van der Waals surface area contributed by atoms with E-state index in [2.05, 4.69) is 5.32 Å². The molecule has 0 aliphatic carbocycles. The minimum absolute atomic E-state index is 0.00655. The van der Waals surface area contributed by atoms with Gasteiger partial charge >= 0.3 is 0 Å². The van der Waals surface area contributed by atoms with Crippen LogP contribution >= 0.6 is 0 Å². The van der Waals surface area contributed by atoms with Crippen molar-refractivity contribution < 1.29 is 18.4 Å². The summed E-state index contributed by atoms with van der Waals surface area (Å²) in [5, 5.41) is 2.31. The lowest BCUT2D eigenvalue weighted by Gasteiger charge is -2.07. The van der Waals surface area contributed by atoms with E-state index in [1.807, 2.05) is 0 Å². The van der Waals surface area contributed by atoms with Crippen LogP contribution < -0.4 is 16.8 Å². The second-order valence-corrected chi connectivity index (χ2v) is 3.33. The molecule has 0 unspecified atom stereocenters. The Morgan fingerprint density at radius 2 is 1.82 bits per heavy atom. The van der Waals surface area contributed by atoms with Crippen LogP contribution in [-0.2, 0) is 4.79 Å². The fourth-order valence-corrected chi connectivity index (χ4v) is 1.15. The van der Waals surface area contributed by atoms with Crippen LogP contribution in [0.15, 0.2) is 12.1 Å². The van der Waals surface area contributed by atoms with Gasteiger partial charge in [0.1, 0.15) is 0 Å². The molecule has 0 atom stereocenters. The van der Waals surface area contributed by atoms with Crippen molar-refractivity contribution in [2.24, 2.45) is 5.73 Å². The average Bonchev–Trinajstić information content (AvgIpc) is 2.22. The lowest BCUT2D eigenvalue weighted by Crippen LogP contribution is -2.28. The maximum atomic E-state index is 12.9. The Hall–Kier alpha value is -2.18. The number of nitrogens with one attached hydrogen (secondary N) is 1. The summed E-state index contributed by atoms with van der Waals surface area (Å²) in [4.78, 5) is 21.9. The number of nitrogen functional groups attached to an aromatic ring is 1. The van der Waals surface area contributed by atoms with Crippen LogP contribution in [0.5, 0.6) is 0 Å². The highest BCUT2D eigenvalue weighted by Gasteiger charge is 2.13. The van der Waals surface area contributed by atoms with Crippen LogP contribution in [0.4, 0.5) is 14.5 Å². The Labute approximate surface area is 95.8 Å². The quantitative estimate of drug-likeness (QED) is 0.656. The van der Waals surface area contributed by atoms with Gasteiger partial charge in [0.15, 0.2) is 11.6 Å². The molecule has 17 heavy (non-hydrogen) atoms. The molecule has 0 spiro atoms. The number of carbonyl (C=O) groups excluding carboxylic acids is 2. The number of hydrogen-bond acceptors (Lipinski definition) is 3. The van der Waals surface area contributed by atoms with Gasteiger partial charge in [0, 0.05) is 24.7 Å². The van der Waals surface area contributed by atoms with Gasteiger partial charge in [0.2, 0.25) is 5.91 Å².